The van der Waals surface area contributed by atoms with E-state index < -0.39 is 5.91 Å². The number of carbonyl (C=O) groups is 2. The number of thiophene rings is 1. The fourth-order valence-corrected chi connectivity index (χ4v) is 4.84. The predicted molar refractivity (Wildman–Crippen MR) is 112 cm³/mol. The summed E-state index contributed by atoms with van der Waals surface area (Å²) in [6.07, 6.45) is 6.10. The van der Waals surface area contributed by atoms with Gasteiger partial charge in [-0.2, -0.15) is 0 Å². The molecule has 1 unspecified atom stereocenters. The highest BCUT2D eigenvalue weighted by atomic mass is 32.1. The first kappa shape index (κ1) is 19.4. The lowest BCUT2D eigenvalue weighted by atomic mass is 9.88. The summed E-state index contributed by atoms with van der Waals surface area (Å²) >= 11 is 1.48. The minimum atomic E-state index is -0.467. The zero-order valence-corrected chi connectivity index (χ0v) is 16.9. The van der Waals surface area contributed by atoms with Crippen molar-refractivity contribution < 1.29 is 9.59 Å². The number of nitrogens with one attached hydrogen (secondary N) is 1. The van der Waals surface area contributed by atoms with Crippen LogP contribution in [0.15, 0.2) is 30.3 Å². The van der Waals surface area contributed by atoms with E-state index in [4.69, 9.17) is 5.73 Å². The minimum Gasteiger partial charge on any atom is -0.365 e. The summed E-state index contributed by atoms with van der Waals surface area (Å²) in [6.45, 7) is 6.50. The highest BCUT2D eigenvalue weighted by Crippen LogP contribution is 2.39. The third kappa shape index (κ3) is 4.48. The summed E-state index contributed by atoms with van der Waals surface area (Å²) in [7, 11) is 0. The van der Waals surface area contributed by atoms with E-state index >= 15 is 0 Å². The van der Waals surface area contributed by atoms with Crippen molar-refractivity contribution in [2.75, 3.05) is 5.32 Å². The zero-order chi connectivity index (χ0) is 19.6. The van der Waals surface area contributed by atoms with Gasteiger partial charge in [0.15, 0.2) is 0 Å². The number of hydrogen-bond acceptors (Lipinski definition) is 3. The van der Waals surface area contributed by atoms with Crippen LogP contribution in [0.2, 0.25) is 0 Å². The van der Waals surface area contributed by atoms with Crippen LogP contribution < -0.4 is 11.1 Å². The largest absolute Gasteiger partial charge is 0.365 e. The fourth-order valence-electron chi connectivity index (χ4n) is 3.42. The topological polar surface area (TPSA) is 72.2 Å². The van der Waals surface area contributed by atoms with Crippen LogP contribution in [-0.4, -0.2) is 11.8 Å². The van der Waals surface area contributed by atoms with Gasteiger partial charge < -0.3 is 11.1 Å². The molecule has 0 saturated carbocycles. The second-order valence-electron chi connectivity index (χ2n) is 7.56. The summed E-state index contributed by atoms with van der Waals surface area (Å²) in [4.78, 5) is 25.5. The van der Waals surface area contributed by atoms with Crippen molar-refractivity contribution in [1.29, 1.82) is 0 Å². The molecule has 3 rings (SSSR count). The molecule has 1 heterocycles. The maximum absolute atomic E-state index is 12.4. The molecule has 2 amide bonds. The number of amides is 2. The molecule has 0 aliphatic heterocycles. The Morgan fingerprint density at radius 2 is 1.96 bits per heavy atom. The highest BCUT2D eigenvalue weighted by molar-refractivity contribution is 7.17. The van der Waals surface area contributed by atoms with Crippen molar-refractivity contribution in [3.63, 3.8) is 0 Å². The maximum Gasteiger partial charge on any atom is 0.251 e. The van der Waals surface area contributed by atoms with Gasteiger partial charge in [-0.3, -0.25) is 9.59 Å². The Labute approximate surface area is 164 Å². The van der Waals surface area contributed by atoms with Gasteiger partial charge in [0.2, 0.25) is 5.91 Å². The maximum atomic E-state index is 12.4. The van der Waals surface area contributed by atoms with E-state index in [-0.39, 0.29) is 5.91 Å². The third-order valence-corrected chi connectivity index (χ3v) is 6.19. The van der Waals surface area contributed by atoms with Crippen molar-refractivity contribution in [3.8, 4) is 0 Å². The summed E-state index contributed by atoms with van der Waals surface area (Å²) in [5.74, 6) is 0.350. The first-order chi connectivity index (χ1) is 12.8. The Morgan fingerprint density at radius 1 is 1.26 bits per heavy atom. The summed E-state index contributed by atoms with van der Waals surface area (Å²) < 4.78 is 0. The molecule has 5 heteroatoms. The van der Waals surface area contributed by atoms with Crippen LogP contribution in [0.1, 0.15) is 65.0 Å². The van der Waals surface area contributed by atoms with Gasteiger partial charge in [-0.05, 0) is 53.9 Å². The summed E-state index contributed by atoms with van der Waals surface area (Å²) in [5, 5.41) is 3.43. The number of carbonyl (C=O) groups excluding carboxylic acids is 2. The van der Waals surface area contributed by atoms with Gasteiger partial charge in [-0.1, -0.05) is 45.0 Å². The minimum absolute atomic E-state index is 0.253. The molecule has 1 atom stereocenters. The van der Waals surface area contributed by atoms with E-state index in [1.54, 1.807) is 6.08 Å². The molecule has 27 heavy (non-hydrogen) atoms. The molecule has 0 spiro atoms. The van der Waals surface area contributed by atoms with Crippen LogP contribution >= 0.6 is 11.3 Å². The molecule has 1 aromatic carbocycles. The molecule has 1 aromatic heterocycles. The number of primary amides is 1. The van der Waals surface area contributed by atoms with Crippen molar-refractivity contribution in [1.82, 2.24) is 0 Å². The van der Waals surface area contributed by atoms with E-state index in [1.165, 1.54) is 27.9 Å². The van der Waals surface area contributed by atoms with E-state index in [2.05, 4.69) is 38.2 Å². The Bertz CT molecular complexity index is 878. The number of nitrogens with two attached hydrogens (primary N) is 1. The molecule has 0 fully saturated rings. The van der Waals surface area contributed by atoms with Crippen molar-refractivity contribution in [2.24, 2.45) is 11.7 Å². The molecule has 0 bridgehead atoms. The van der Waals surface area contributed by atoms with E-state index in [0.717, 1.165) is 30.4 Å². The van der Waals surface area contributed by atoms with Gasteiger partial charge in [0.05, 0.1) is 5.56 Å². The molecule has 0 radical (unpaired) electrons. The molecule has 1 aliphatic rings. The molecule has 2 aromatic rings. The van der Waals surface area contributed by atoms with Crippen LogP contribution in [0.25, 0.3) is 6.08 Å². The average Bonchev–Trinajstić information content (AvgIpc) is 2.97. The molecular formula is C22H26N2O2S. The van der Waals surface area contributed by atoms with Gasteiger partial charge in [-0.25, -0.2) is 0 Å². The van der Waals surface area contributed by atoms with Gasteiger partial charge >= 0.3 is 0 Å². The summed E-state index contributed by atoms with van der Waals surface area (Å²) in [6, 6.07) is 8.14. The quantitative estimate of drug-likeness (QED) is 0.733. The normalized spacial score (nSPS) is 16.5. The average molecular weight is 383 g/mol. The predicted octanol–water partition coefficient (Wildman–Crippen LogP) is 4.75. The number of rotatable bonds is 5. The van der Waals surface area contributed by atoms with Gasteiger partial charge in [-0.15, -0.1) is 11.3 Å². The fraction of sp³-hybridized carbons (Fsp3) is 0.364. The lowest BCUT2D eigenvalue weighted by molar-refractivity contribution is -0.111. The lowest BCUT2D eigenvalue weighted by Gasteiger charge is -2.18. The first-order valence-electron chi connectivity index (χ1n) is 9.38. The van der Waals surface area contributed by atoms with Gasteiger partial charge in [0.25, 0.3) is 5.91 Å². The molecular weight excluding hydrogens is 356 g/mol. The number of benzene rings is 1. The van der Waals surface area contributed by atoms with Gasteiger partial charge in [0, 0.05) is 11.0 Å². The van der Waals surface area contributed by atoms with Crippen molar-refractivity contribution in [2.45, 2.75) is 46.0 Å². The van der Waals surface area contributed by atoms with E-state index in [1.807, 2.05) is 12.1 Å². The number of fused-ring (bicyclic) bond motifs is 1. The van der Waals surface area contributed by atoms with Crippen LogP contribution in [0.5, 0.6) is 0 Å². The van der Waals surface area contributed by atoms with E-state index in [0.29, 0.717) is 22.4 Å². The smallest absolute Gasteiger partial charge is 0.251 e. The lowest BCUT2D eigenvalue weighted by Crippen LogP contribution is -2.18. The Hall–Kier alpha value is -2.40. The Morgan fingerprint density at radius 3 is 2.59 bits per heavy atom. The molecule has 0 saturated heterocycles. The zero-order valence-electron chi connectivity index (χ0n) is 16.0. The number of hydrogen-bond donors (Lipinski definition) is 2. The summed E-state index contributed by atoms with van der Waals surface area (Å²) in [5.41, 5.74) is 9.34. The second kappa shape index (κ2) is 8.09. The SMILES string of the molecule is CC1CCc2c(sc(NC(=O)/C=C/c3ccc(C(C)C)cc3)c2C(N)=O)C1. The van der Waals surface area contributed by atoms with Crippen LogP contribution in [0.4, 0.5) is 5.00 Å². The molecule has 142 valence electrons. The number of anilines is 1. The third-order valence-electron chi connectivity index (χ3n) is 5.03. The van der Waals surface area contributed by atoms with E-state index in [9.17, 15) is 9.59 Å². The standard InChI is InChI=1S/C22H26N2O2S/c1-13(2)16-8-5-15(6-9-16)7-11-19(25)24-22-20(21(23)26)17-10-4-14(3)12-18(17)27-22/h5-9,11,13-14H,4,10,12H2,1-3H3,(H2,23,26)(H,24,25)/b11-7+. The molecule has 3 N–H and O–H groups in total. The van der Waals surface area contributed by atoms with Crippen molar-refractivity contribution in [3.05, 3.63) is 57.5 Å². The van der Waals surface area contributed by atoms with Crippen LogP contribution in [-0.2, 0) is 17.6 Å². The van der Waals surface area contributed by atoms with Gasteiger partial charge in [0.1, 0.15) is 5.00 Å². The monoisotopic (exact) mass is 382 g/mol. The second-order valence-corrected chi connectivity index (χ2v) is 8.67. The Balaban J connectivity index is 1.75. The molecule has 1 aliphatic carbocycles. The molecule has 4 nitrogen and oxygen atoms in total. The highest BCUT2D eigenvalue weighted by Gasteiger charge is 2.26. The van der Waals surface area contributed by atoms with Crippen LogP contribution in [0.3, 0.4) is 0 Å². The first-order valence-corrected chi connectivity index (χ1v) is 10.2. The van der Waals surface area contributed by atoms with Crippen molar-refractivity contribution >= 4 is 34.2 Å². The van der Waals surface area contributed by atoms with Crippen LogP contribution in [0, 0.1) is 5.92 Å². The Kier molecular flexibility index (Phi) is 5.80.